The molecule has 0 heterocycles. The second kappa shape index (κ2) is 9.87. The molecule has 0 bridgehead atoms. The molecule has 0 saturated heterocycles. The molecule has 0 aliphatic heterocycles. The Morgan fingerprint density at radius 2 is 1.80 bits per heavy atom. The first-order valence-corrected chi connectivity index (χ1v) is 9.58. The topological polar surface area (TPSA) is 84.9 Å². The van der Waals surface area contributed by atoms with E-state index in [0.29, 0.717) is 6.54 Å². The number of esters is 1. The van der Waals surface area contributed by atoms with E-state index in [2.05, 4.69) is 5.32 Å². The molecule has 7 nitrogen and oxygen atoms in total. The third-order valence-corrected chi connectivity index (χ3v) is 4.69. The molecule has 1 aliphatic rings. The number of carbonyl (C=O) groups is 3. The van der Waals surface area contributed by atoms with Crippen molar-refractivity contribution in [3.8, 4) is 5.75 Å². The van der Waals surface area contributed by atoms with Gasteiger partial charge < -0.3 is 19.7 Å². The van der Waals surface area contributed by atoms with E-state index in [1.807, 2.05) is 24.3 Å². The third-order valence-electron chi connectivity index (χ3n) is 4.69. The fraction of sp³-hybridized carbons (Fsp3) is 0.318. The summed E-state index contributed by atoms with van der Waals surface area (Å²) < 4.78 is 23.7. The lowest BCUT2D eigenvalue weighted by Crippen LogP contribution is -2.37. The zero-order valence-electron chi connectivity index (χ0n) is 16.6. The van der Waals surface area contributed by atoms with Crippen LogP contribution in [-0.4, -0.2) is 49.0 Å². The molecule has 0 unspecified atom stereocenters. The van der Waals surface area contributed by atoms with Crippen LogP contribution in [0.1, 0.15) is 28.8 Å². The van der Waals surface area contributed by atoms with Crippen LogP contribution < -0.4 is 10.1 Å². The molecule has 2 aromatic rings. The first-order chi connectivity index (χ1) is 14.5. The molecule has 0 atom stereocenters. The molecule has 1 aliphatic carbocycles. The van der Waals surface area contributed by atoms with Crippen molar-refractivity contribution in [3.05, 3.63) is 65.5 Å². The van der Waals surface area contributed by atoms with Crippen molar-refractivity contribution in [3.63, 3.8) is 0 Å². The van der Waals surface area contributed by atoms with Gasteiger partial charge in [-0.2, -0.15) is 0 Å². The van der Waals surface area contributed by atoms with E-state index in [1.165, 1.54) is 18.2 Å². The minimum atomic E-state index is -0.770. The number of hydrogen-bond acceptors (Lipinski definition) is 5. The van der Waals surface area contributed by atoms with Crippen LogP contribution in [0.3, 0.4) is 0 Å². The molecule has 30 heavy (non-hydrogen) atoms. The molecule has 8 heteroatoms. The van der Waals surface area contributed by atoms with Gasteiger partial charge in [-0.3, -0.25) is 14.4 Å². The summed E-state index contributed by atoms with van der Waals surface area (Å²) in [7, 11) is 1.59. The number of methoxy groups -OCH3 is 1. The average Bonchev–Trinajstić information content (AvgIpc) is 3.60. The van der Waals surface area contributed by atoms with Crippen LogP contribution in [-0.2, 0) is 20.9 Å². The fourth-order valence-corrected chi connectivity index (χ4v) is 2.90. The lowest BCUT2D eigenvalue weighted by atomic mass is 10.2. The minimum Gasteiger partial charge on any atom is -0.497 e. The molecule has 0 aromatic heterocycles. The SMILES string of the molecule is COc1ccc(CN(C(=O)COC(=O)CNC(=O)c2ccccc2F)C2CC2)cc1. The van der Waals surface area contributed by atoms with E-state index >= 15 is 0 Å². The fourth-order valence-electron chi connectivity index (χ4n) is 2.90. The van der Waals surface area contributed by atoms with Gasteiger partial charge in [0.1, 0.15) is 18.1 Å². The van der Waals surface area contributed by atoms with Crippen LogP contribution in [0.2, 0.25) is 0 Å². The number of carbonyl (C=O) groups excluding carboxylic acids is 3. The maximum absolute atomic E-state index is 13.6. The Labute approximate surface area is 173 Å². The van der Waals surface area contributed by atoms with Gasteiger partial charge in [0, 0.05) is 12.6 Å². The molecular formula is C22H23FN2O5. The minimum absolute atomic E-state index is 0.138. The number of rotatable bonds is 9. The summed E-state index contributed by atoms with van der Waals surface area (Å²) in [5, 5.41) is 2.29. The van der Waals surface area contributed by atoms with Gasteiger partial charge in [-0.1, -0.05) is 24.3 Å². The van der Waals surface area contributed by atoms with Crippen molar-refractivity contribution in [2.45, 2.75) is 25.4 Å². The van der Waals surface area contributed by atoms with Crippen molar-refractivity contribution >= 4 is 17.8 Å². The summed E-state index contributed by atoms with van der Waals surface area (Å²) in [5.74, 6) is -1.75. The highest BCUT2D eigenvalue weighted by molar-refractivity contribution is 5.96. The number of ether oxygens (including phenoxy) is 2. The summed E-state index contributed by atoms with van der Waals surface area (Å²) in [5.41, 5.74) is 0.778. The van der Waals surface area contributed by atoms with Crippen molar-refractivity contribution in [2.75, 3.05) is 20.3 Å². The third kappa shape index (κ3) is 5.79. The monoisotopic (exact) mass is 414 g/mol. The Morgan fingerprint density at radius 3 is 2.43 bits per heavy atom. The number of halogens is 1. The van der Waals surface area contributed by atoms with Crippen LogP contribution in [0.25, 0.3) is 0 Å². The summed E-state index contributed by atoms with van der Waals surface area (Å²) in [6.45, 7) is -0.460. The maximum atomic E-state index is 13.6. The second-order valence-corrected chi connectivity index (χ2v) is 6.92. The van der Waals surface area contributed by atoms with Gasteiger partial charge in [0.2, 0.25) is 0 Å². The summed E-state index contributed by atoms with van der Waals surface area (Å²) >= 11 is 0. The number of nitrogens with one attached hydrogen (secondary N) is 1. The number of nitrogens with zero attached hydrogens (tertiary/aromatic N) is 1. The van der Waals surface area contributed by atoms with Crippen molar-refractivity contribution < 1.29 is 28.2 Å². The normalized spacial score (nSPS) is 12.7. The maximum Gasteiger partial charge on any atom is 0.325 e. The molecular weight excluding hydrogens is 391 g/mol. The molecule has 0 spiro atoms. The van der Waals surface area contributed by atoms with Gasteiger partial charge in [0.25, 0.3) is 11.8 Å². The number of hydrogen-bond donors (Lipinski definition) is 1. The quantitative estimate of drug-likeness (QED) is 0.637. The predicted molar refractivity (Wildman–Crippen MR) is 106 cm³/mol. The molecule has 1 fully saturated rings. The van der Waals surface area contributed by atoms with E-state index < -0.39 is 30.8 Å². The van der Waals surface area contributed by atoms with Crippen molar-refractivity contribution in [1.82, 2.24) is 10.2 Å². The summed E-state index contributed by atoms with van der Waals surface area (Å²) in [6.07, 6.45) is 1.82. The average molecular weight is 414 g/mol. The van der Waals surface area contributed by atoms with Crippen molar-refractivity contribution in [2.24, 2.45) is 0 Å². The van der Waals surface area contributed by atoms with Crippen LogP contribution in [0.4, 0.5) is 4.39 Å². The zero-order chi connectivity index (χ0) is 21.5. The van der Waals surface area contributed by atoms with Gasteiger partial charge in [-0.25, -0.2) is 4.39 Å². The van der Waals surface area contributed by atoms with Gasteiger partial charge >= 0.3 is 5.97 Å². The summed E-state index contributed by atoms with van der Waals surface area (Å²) in [4.78, 5) is 38.0. The smallest absolute Gasteiger partial charge is 0.325 e. The highest BCUT2D eigenvalue weighted by Crippen LogP contribution is 2.28. The Balaban J connectivity index is 1.47. The molecule has 1 saturated carbocycles. The number of amides is 2. The second-order valence-electron chi connectivity index (χ2n) is 6.92. The molecule has 1 N–H and O–H groups in total. The van der Waals surface area contributed by atoms with E-state index in [0.717, 1.165) is 30.2 Å². The molecule has 0 radical (unpaired) electrons. The van der Waals surface area contributed by atoms with Gasteiger partial charge in [-0.15, -0.1) is 0 Å². The largest absolute Gasteiger partial charge is 0.497 e. The van der Waals surface area contributed by atoms with Crippen LogP contribution in [0.15, 0.2) is 48.5 Å². The Hall–Kier alpha value is -3.42. The molecule has 2 amide bonds. The van der Waals surface area contributed by atoms with Crippen molar-refractivity contribution in [1.29, 1.82) is 0 Å². The molecule has 2 aromatic carbocycles. The van der Waals surface area contributed by atoms with E-state index in [1.54, 1.807) is 12.0 Å². The zero-order valence-corrected chi connectivity index (χ0v) is 16.6. The first kappa shape index (κ1) is 21.3. The lowest BCUT2D eigenvalue weighted by Gasteiger charge is -2.22. The van der Waals surface area contributed by atoms with Crippen LogP contribution in [0.5, 0.6) is 5.75 Å². The lowest BCUT2D eigenvalue weighted by molar-refractivity contribution is -0.151. The molecule has 3 rings (SSSR count). The summed E-state index contributed by atoms with van der Waals surface area (Å²) in [6, 6.07) is 13.0. The first-order valence-electron chi connectivity index (χ1n) is 9.58. The van der Waals surface area contributed by atoms with Gasteiger partial charge in [-0.05, 0) is 42.7 Å². The molecule has 158 valence electrons. The Kier molecular flexibility index (Phi) is 7.00. The highest BCUT2D eigenvalue weighted by atomic mass is 19.1. The highest BCUT2D eigenvalue weighted by Gasteiger charge is 2.33. The van der Waals surface area contributed by atoms with Crippen LogP contribution >= 0.6 is 0 Å². The van der Waals surface area contributed by atoms with Crippen LogP contribution in [0, 0.1) is 5.82 Å². The number of benzene rings is 2. The Morgan fingerprint density at radius 1 is 1.10 bits per heavy atom. The van der Waals surface area contributed by atoms with Gasteiger partial charge in [0.05, 0.1) is 12.7 Å². The van der Waals surface area contributed by atoms with E-state index in [-0.39, 0.29) is 17.5 Å². The van der Waals surface area contributed by atoms with E-state index in [4.69, 9.17) is 9.47 Å². The standard InChI is InChI=1S/C22H23FN2O5/c1-29-17-10-6-15(7-11-17)13-25(16-8-9-16)20(26)14-30-21(27)12-24-22(28)18-4-2-3-5-19(18)23/h2-7,10-11,16H,8-9,12-14H2,1H3,(H,24,28). The van der Waals surface area contributed by atoms with Gasteiger partial charge in [0.15, 0.2) is 6.61 Å². The Bertz CT molecular complexity index is 912. The predicted octanol–water partition coefficient (Wildman–Crippen LogP) is 2.30. The van der Waals surface area contributed by atoms with E-state index in [9.17, 15) is 18.8 Å².